The third kappa shape index (κ3) is 5.58. The normalized spacial score (nSPS) is 12.2. The lowest BCUT2D eigenvalue weighted by Gasteiger charge is -2.13. The molecule has 0 radical (unpaired) electrons. The van der Waals surface area contributed by atoms with E-state index in [1.54, 1.807) is 0 Å². The van der Waals surface area contributed by atoms with E-state index in [9.17, 15) is 14.9 Å². The van der Waals surface area contributed by atoms with Crippen LogP contribution in [0.1, 0.15) is 29.4 Å². The average Bonchev–Trinajstić information content (AvgIpc) is 2.99. The minimum Gasteiger partial charge on any atom is -0.448 e. The molecule has 1 heterocycles. The number of methoxy groups -OCH3 is 1. The molecule has 0 fully saturated rings. The summed E-state index contributed by atoms with van der Waals surface area (Å²) >= 11 is 0. The van der Waals surface area contributed by atoms with Crippen LogP contribution in [0.25, 0.3) is 11.8 Å². The minimum absolute atomic E-state index is 0.171. The van der Waals surface area contributed by atoms with Gasteiger partial charge >= 0.3 is 5.97 Å². The predicted octanol–water partition coefficient (Wildman–Crippen LogP) is 3.00. The van der Waals surface area contributed by atoms with Gasteiger partial charge in [-0.05, 0) is 57.5 Å². The maximum Gasteiger partial charge on any atom is 0.349 e. The zero-order valence-corrected chi connectivity index (χ0v) is 18.0. The first kappa shape index (κ1) is 22.9. The molecule has 1 aromatic heterocycles. The molecule has 7 nitrogen and oxygen atoms in total. The average molecular weight is 409 g/mol. The number of ether oxygens (including phenoxy) is 2. The number of benzene rings is 1. The molecule has 0 saturated heterocycles. The van der Waals surface area contributed by atoms with Crippen molar-refractivity contribution in [2.75, 3.05) is 20.3 Å². The molecule has 0 spiro atoms. The van der Waals surface area contributed by atoms with Gasteiger partial charge in [-0.25, -0.2) is 4.79 Å². The maximum absolute atomic E-state index is 12.4. The number of aromatic nitrogens is 1. The van der Waals surface area contributed by atoms with Gasteiger partial charge in [-0.15, -0.1) is 0 Å². The van der Waals surface area contributed by atoms with Crippen molar-refractivity contribution in [3.8, 4) is 11.8 Å². The fourth-order valence-electron chi connectivity index (χ4n) is 3.01. The first-order valence-corrected chi connectivity index (χ1v) is 9.64. The van der Waals surface area contributed by atoms with Crippen LogP contribution in [0.5, 0.6) is 0 Å². The van der Waals surface area contributed by atoms with E-state index in [2.05, 4.69) is 9.88 Å². The van der Waals surface area contributed by atoms with Crippen LogP contribution in [0.2, 0.25) is 0 Å². The van der Waals surface area contributed by atoms with Crippen LogP contribution in [-0.2, 0) is 19.1 Å². The Morgan fingerprint density at radius 1 is 1.23 bits per heavy atom. The van der Waals surface area contributed by atoms with Gasteiger partial charge in [0.15, 0.2) is 6.10 Å². The standard InChI is InChI=1S/C23H27N3O4/c1-15-6-8-21(9-7-15)26-16(2)12-19(17(26)3)13-20(14-24)23(28)30-18(4)22(27)25-10-11-29-5/h6-9,12-13,18H,10-11H2,1-5H3,(H,25,27)/b20-13+/t18-/m1/s1. The highest BCUT2D eigenvalue weighted by Crippen LogP contribution is 2.23. The van der Waals surface area contributed by atoms with Crippen molar-refractivity contribution in [1.82, 2.24) is 9.88 Å². The van der Waals surface area contributed by atoms with E-state index in [1.165, 1.54) is 20.1 Å². The Kier molecular flexibility index (Phi) is 7.96. The Balaban J connectivity index is 2.21. The number of hydrogen-bond donors (Lipinski definition) is 1. The van der Waals surface area contributed by atoms with E-state index in [0.717, 1.165) is 28.2 Å². The summed E-state index contributed by atoms with van der Waals surface area (Å²) in [4.78, 5) is 24.4. The van der Waals surface area contributed by atoms with Crippen molar-refractivity contribution in [2.24, 2.45) is 0 Å². The SMILES string of the molecule is COCCNC(=O)[C@@H](C)OC(=O)/C(C#N)=C/c1cc(C)n(-c2ccc(C)cc2)c1C. The van der Waals surface area contributed by atoms with Gasteiger partial charge in [0.1, 0.15) is 11.6 Å². The Morgan fingerprint density at radius 3 is 2.50 bits per heavy atom. The molecule has 1 aromatic carbocycles. The molecule has 0 unspecified atom stereocenters. The van der Waals surface area contributed by atoms with Crippen LogP contribution in [0.15, 0.2) is 35.9 Å². The van der Waals surface area contributed by atoms with Crippen molar-refractivity contribution in [1.29, 1.82) is 5.26 Å². The number of carbonyl (C=O) groups is 2. The number of rotatable bonds is 8. The largest absolute Gasteiger partial charge is 0.448 e. The molecule has 158 valence electrons. The molecule has 0 aliphatic rings. The summed E-state index contributed by atoms with van der Waals surface area (Å²) in [7, 11) is 1.52. The van der Waals surface area contributed by atoms with Gasteiger partial charge in [-0.3, -0.25) is 4.79 Å². The monoisotopic (exact) mass is 409 g/mol. The van der Waals surface area contributed by atoms with Crippen molar-refractivity contribution in [3.63, 3.8) is 0 Å². The van der Waals surface area contributed by atoms with Crippen LogP contribution in [0, 0.1) is 32.1 Å². The number of carbonyl (C=O) groups excluding carboxylic acids is 2. The zero-order chi connectivity index (χ0) is 22.3. The number of aryl methyl sites for hydroxylation is 2. The first-order chi connectivity index (χ1) is 14.3. The topological polar surface area (TPSA) is 93.3 Å². The molecule has 1 atom stereocenters. The summed E-state index contributed by atoms with van der Waals surface area (Å²) < 4.78 is 12.1. The Labute approximate surface area is 176 Å². The van der Waals surface area contributed by atoms with Gasteiger partial charge in [0, 0.05) is 30.7 Å². The summed E-state index contributed by atoms with van der Waals surface area (Å²) in [5.74, 6) is -1.29. The Morgan fingerprint density at radius 2 is 1.90 bits per heavy atom. The van der Waals surface area contributed by atoms with Crippen LogP contribution in [0.3, 0.4) is 0 Å². The van der Waals surface area contributed by atoms with E-state index in [4.69, 9.17) is 9.47 Å². The van der Waals surface area contributed by atoms with Gasteiger partial charge in [0.05, 0.1) is 6.61 Å². The molecule has 2 rings (SSSR count). The van der Waals surface area contributed by atoms with Gasteiger partial charge in [0.2, 0.25) is 0 Å². The van der Waals surface area contributed by atoms with Crippen molar-refractivity contribution >= 4 is 18.0 Å². The summed E-state index contributed by atoms with van der Waals surface area (Å²) in [6.45, 7) is 8.02. The second-order valence-electron chi connectivity index (χ2n) is 7.00. The van der Waals surface area contributed by atoms with E-state index >= 15 is 0 Å². The van der Waals surface area contributed by atoms with E-state index in [1.807, 2.05) is 57.2 Å². The number of nitrogens with zero attached hydrogens (tertiary/aromatic N) is 2. The molecule has 0 aliphatic carbocycles. The number of nitriles is 1. The summed E-state index contributed by atoms with van der Waals surface area (Å²) in [6, 6.07) is 11.9. The molecule has 7 heteroatoms. The van der Waals surface area contributed by atoms with Crippen molar-refractivity contribution in [2.45, 2.75) is 33.8 Å². The number of esters is 1. The fourth-order valence-corrected chi connectivity index (χ4v) is 3.01. The highest BCUT2D eigenvalue weighted by Gasteiger charge is 2.21. The molecule has 0 aliphatic heterocycles. The number of amides is 1. The smallest absolute Gasteiger partial charge is 0.349 e. The lowest BCUT2D eigenvalue weighted by molar-refractivity contribution is -0.150. The number of nitrogens with one attached hydrogen (secondary N) is 1. The minimum atomic E-state index is -1.02. The first-order valence-electron chi connectivity index (χ1n) is 9.64. The summed E-state index contributed by atoms with van der Waals surface area (Å²) in [5.41, 5.74) is 4.59. The Hall–Kier alpha value is -3.37. The van der Waals surface area contributed by atoms with E-state index < -0.39 is 18.0 Å². The molecule has 0 bridgehead atoms. The van der Waals surface area contributed by atoms with Crippen molar-refractivity contribution < 1.29 is 19.1 Å². The molecule has 1 N–H and O–H groups in total. The molecule has 2 aromatic rings. The molecule has 0 saturated carbocycles. The number of hydrogen-bond acceptors (Lipinski definition) is 5. The van der Waals surface area contributed by atoms with Crippen LogP contribution < -0.4 is 5.32 Å². The Bertz CT molecular complexity index is 981. The second-order valence-corrected chi connectivity index (χ2v) is 7.00. The highest BCUT2D eigenvalue weighted by atomic mass is 16.5. The van der Waals surface area contributed by atoms with Gasteiger partial charge in [0.25, 0.3) is 5.91 Å². The maximum atomic E-state index is 12.4. The van der Waals surface area contributed by atoms with E-state index in [-0.39, 0.29) is 5.57 Å². The van der Waals surface area contributed by atoms with Crippen molar-refractivity contribution in [3.05, 3.63) is 58.4 Å². The fraction of sp³-hybridized carbons (Fsp3) is 0.348. The van der Waals surface area contributed by atoms with Crippen LogP contribution in [0.4, 0.5) is 0 Å². The molecule has 1 amide bonds. The third-order valence-electron chi connectivity index (χ3n) is 4.66. The lowest BCUT2D eigenvalue weighted by Crippen LogP contribution is -2.37. The third-order valence-corrected chi connectivity index (χ3v) is 4.66. The molecular formula is C23H27N3O4. The molecular weight excluding hydrogens is 382 g/mol. The quantitative estimate of drug-likeness (QED) is 0.313. The van der Waals surface area contributed by atoms with Gasteiger partial charge < -0.3 is 19.4 Å². The zero-order valence-electron chi connectivity index (χ0n) is 18.0. The van der Waals surface area contributed by atoms with Crippen LogP contribution >= 0.6 is 0 Å². The summed E-state index contributed by atoms with van der Waals surface area (Å²) in [6.07, 6.45) is 0.469. The molecule has 30 heavy (non-hydrogen) atoms. The van der Waals surface area contributed by atoms with Gasteiger partial charge in [-0.2, -0.15) is 5.26 Å². The predicted molar refractivity (Wildman–Crippen MR) is 114 cm³/mol. The lowest BCUT2D eigenvalue weighted by atomic mass is 10.1. The van der Waals surface area contributed by atoms with E-state index in [0.29, 0.717) is 13.2 Å². The highest BCUT2D eigenvalue weighted by molar-refractivity contribution is 5.99. The summed E-state index contributed by atoms with van der Waals surface area (Å²) in [5, 5.41) is 12.0. The second kappa shape index (κ2) is 10.4. The van der Waals surface area contributed by atoms with Crippen LogP contribution in [-0.4, -0.2) is 42.8 Å². The van der Waals surface area contributed by atoms with Gasteiger partial charge in [-0.1, -0.05) is 17.7 Å².